The Morgan fingerprint density at radius 2 is 1.90 bits per heavy atom. The highest BCUT2D eigenvalue weighted by Gasteiger charge is 2.65. The lowest BCUT2D eigenvalue weighted by Crippen LogP contribution is -2.13. The predicted octanol–water partition coefficient (Wildman–Crippen LogP) is 3.29. The van der Waals surface area contributed by atoms with Gasteiger partial charge >= 0.3 is 5.97 Å². The Bertz CT molecular complexity index is 521. The van der Waals surface area contributed by atoms with Crippen LogP contribution in [-0.2, 0) is 4.74 Å². The quantitative estimate of drug-likeness (QED) is 0.654. The van der Waals surface area contributed by atoms with Crippen LogP contribution in [0.5, 0.6) is 0 Å². The fourth-order valence-electron chi connectivity index (χ4n) is 2.74. The molecule has 3 N–H and O–H groups in total. The van der Waals surface area contributed by atoms with E-state index in [0.717, 1.165) is 5.69 Å². The second-order valence-corrected chi connectivity index (χ2v) is 6.54. The molecule has 0 spiro atoms. The van der Waals surface area contributed by atoms with E-state index in [4.69, 9.17) is 10.5 Å². The Kier molecular flexibility index (Phi) is 3.44. The van der Waals surface area contributed by atoms with E-state index in [-0.39, 0.29) is 16.8 Å². The van der Waals surface area contributed by atoms with Crippen molar-refractivity contribution >= 4 is 17.3 Å². The summed E-state index contributed by atoms with van der Waals surface area (Å²) in [5.74, 6) is -0.315. The molecule has 0 amide bonds. The molecule has 1 aliphatic rings. The van der Waals surface area contributed by atoms with E-state index in [0.29, 0.717) is 23.9 Å². The van der Waals surface area contributed by atoms with Crippen LogP contribution in [-0.4, -0.2) is 18.6 Å². The molecule has 1 aliphatic carbocycles. The van der Waals surface area contributed by atoms with E-state index in [1.807, 2.05) is 0 Å². The number of nitrogens with one attached hydrogen (secondary N) is 1. The van der Waals surface area contributed by atoms with Gasteiger partial charge in [0.2, 0.25) is 0 Å². The largest absolute Gasteiger partial charge is 0.462 e. The van der Waals surface area contributed by atoms with Gasteiger partial charge in [-0.15, -0.1) is 0 Å². The Labute approximate surface area is 120 Å². The molecule has 0 aromatic heterocycles. The van der Waals surface area contributed by atoms with Crippen molar-refractivity contribution in [2.75, 3.05) is 17.7 Å². The van der Waals surface area contributed by atoms with Gasteiger partial charge in [-0.2, -0.15) is 0 Å². The first-order valence-electron chi connectivity index (χ1n) is 7.05. The summed E-state index contributed by atoms with van der Waals surface area (Å²) in [6, 6.07) is 5.56. The van der Waals surface area contributed by atoms with Crippen molar-refractivity contribution < 1.29 is 9.53 Å². The molecule has 4 nitrogen and oxygen atoms in total. The number of nitrogen functional groups attached to an aromatic ring is 1. The summed E-state index contributed by atoms with van der Waals surface area (Å²) >= 11 is 0. The summed E-state index contributed by atoms with van der Waals surface area (Å²) in [5.41, 5.74) is 8.40. The van der Waals surface area contributed by atoms with Gasteiger partial charge in [-0.05, 0) is 36.0 Å². The third kappa shape index (κ3) is 2.23. The molecule has 2 rings (SSSR count). The van der Waals surface area contributed by atoms with Crippen molar-refractivity contribution in [2.45, 2.75) is 40.7 Å². The van der Waals surface area contributed by atoms with Crippen molar-refractivity contribution in [1.29, 1.82) is 0 Å². The van der Waals surface area contributed by atoms with Crippen molar-refractivity contribution in [3.05, 3.63) is 23.8 Å². The van der Waals surface area contributed by atoms with E-state index in [2.05, 4.69) is 33.0 Å². The summed E-state index contributed by atoms with van der Waals surface area (Å²) in [5, 5.41) is 3.47. The lowest BCUT2D eigenvalue weighted by atomic mass is 10.0. The molecule has 20 heavy (non-hydrogen) atoms. The van der Waals surface area contributed by atoms with Crippen LogP contribution in [0.3, 0.4) is 0 Å². The Morgan fingerprint density at radius 1 is 1.30 bits per heavy atom. The maximum absolute atomic E-state index is 11.8. The molecule has 0 aliphatic heterocycles. The smallest absolute Gasteiger partial charge is 0.338 e. The predicted molar refractivity (Wildman–Crippen MR) is 81.8 cm³/mol. The maximum Gasteiger partial charge on any atom is 0.338 e. The number of carbonyl (C=O) groups excluding carboxylic acids is 1. The molecule has 0 unspecified atom stereocenters. The van der Waals surface area contributed by atoms with E-state index >= 15 is 0 Å². The number of carbonyl (C=O) groups is 1. The van der Waals surface area contributed by atoms with Gasteiger partial charge in [0.05, 0.1) is 23.5 Å². The lowest BCUT2D eigenvalue weighted by Gasteiger charge is -2.12. The first kappa shape index (κ1) is 14.7. The number of anilines is 2. The van der Waals surface area contributed by atoms with Gasteiger partial charge in [0.15, 0.2) is 0 Å². The first-order valence-corrected chi connectivity index (χ1v) is 7.05. The highest BCUT2D eigenvalue weighted by Crippen LogP contribution is 2.63. The molecule has 0 bridgehead atoms. The van der Waals surface area contributed by atoms with Gasteiger partial charge in [0.1, 0.15) is 0 Å². The van der Waals surface area contributed by atoms with Crippen molar-refractivity contribution in [3.8, 4) is 0 Å². The van der Waals surface area contributed by atoms with Crippen LogP contribution in [0.25, 0.3) is 0 Å². The minimum atomic E-state index is -0.315. The van der Waals surface area contributed by atoms with Crippen LogP contribution in [0.1, 0.15) is 45.0 Å². The molecule has 0 atom stereocenters. The minimum Gasteiger partial charge on any atom is -0.462 e. The van der Waals surface area contributed by atoms with Gasteiger partial charge in [-0.3, -0.25) is 0 Å². The van der Waals surface area contributed by atoms with Crippen molar-refractivity contribution in [1.82, 2.24) is 0 Å². The lowest BCUT2D eigenvalue weighted by molar-refractivity contribution is 0.0526. The first-order chi connectivity index (χ1) is 9.21. The summed E-state index contributed by atoms with van der Waals surface area (Å²) < 4.78 is 5.02. The molecule has 1 fully saturated rings. The molecule has 1 saturated carbocycles. The number of hydrogen-bond acceptors (Lipinski definition) is 4. The molecule has 0 heterocycles. The van der Waals surface area contributed by atoms with Crippen LogP contribution < -0.4 is 11.1 Å². The van der Waals surface area contributed by atoms with Crippen molar-refractivity contribution in [2.24, 2.45) is 10.8 Å². The normalized spacial score (nSPS) is 19.4. The van der Waals surface area contributed by atoms with E-state index in [1.54, 1.807) is 25.1 Å². The van der Waals surface area contributed by atoms with Crippen LogP contribution in [0.2, 0.25) is 0 Å². The maximum atomic E-state index is 11.8. The summed E-state index contributed by atoms with van der Waals surface area (Å²) in [7, 11) is 0. The zero-order chi connectivity index (χ0) is 15.1. The van der Waals surface area contributed by atoms with E-state index in [9.17, 15) is 4.79 Å². The Hall–Kier alpha value is -1.71. The number of esters is 1. The molecule has 0 saturated heterocycles. The number of benzene rings is 1. The van der Waals surface area contributed by atoms with Gasteiger partial charge in [-0.25, -0.2) is 4.79 Å². The molecule has 1 aromatic rings. The fraction of sp³-hybridized carbons (Fsp3) is 0.562. The average molecular weight is 276 g/mol. The Balaban J connectivity index is 2.21. The molecular weight excluding hydrogens is 252 g/mol. The topological polar surface area (TPSA) is 64.3 Å². The zero-order valence-electron chi connectivity index (χ0n) is 12.9. The molecular formula is C16H24N2O2. The van der Waals surface area contributed by atoms with E-state index < -0.39 is 0 Å². The minimum absolute atomic E-state index is 0.208. The monoisotopic (exact) mass is 276 g/mol. The third-order valence-electron chi connectivity index (χ3n) is 4.88. The molecule has 4 heteroatoms. The average Bonchev–Trinajstić information content (AvgIpc) is 2.74. The van der Waals surface area contributed by atoms with Gasteiger partial charge in [0.25, 0.3) is 0 Å². The number of ether oxygens (including phenoxy) is 1. The van der Waals surface area contributed by atoms with Crippen LogP contribution in [0.4, 0.5) is 11.4 Å². The molecule has 1 aromatic carbocycles. The summed E-state index contributed by atoms with van der Waals surface area (Å²) in [6.07, 6.45) is 0. The van der Waals surface area contributed by atoms with Crippen LogP contribution in [0, 0.1) is 10.8 Å². The highest BCUT2D eigenvalue weighted by molar-refractivity contribution is 5.92. The number of rotatable bonds is 4. The standard InChI is InChI=1S/C16H24N2O2/c1-6-20-13(19)10-7-8-11(17)12(9-10)18-14-15(2,3)16(14,4)5/h7-9,14,18H,6,17H2,1-5H3. The molecule has 0 radical (unpaired) electrons. The van der Waals surface area contributed by atoms with Crippen LogP contribution >= 0.6 is 0 Å². The molecule has 110 valence electrons. The second-order valence-electron chi connectivity index (χ2n) is 6.54. The fourth-order valence-corrected chi connectivity index (χ4v) is 2.74. The summed E-state index contributed by atoms with van der Waals surface area (Å²) in [4.78, 5) is 11.8. The van der Waals surface area contributed by atoms with E-state index in [1.165, 1.54) is 0 Å². The number of nitrogens with two attached hydrogens (primary N) is 1. The number of hydrogen-bond donors (Lipinski definition) is 2. The van der Waals surface area contributed by atoms with Gasteiger partial charge in [0, 0.05) is 6.04 Å². The van der Waals surface area contributed by atoms with Gasteiger partial charge in [-0.1, -0.05) is 27.7 Å². The third-order valence-corrected chi connectivity index (χ3v) is 4.88. The van der Waals surface area contributed by atoms with Gasteiger partial charge < -0.3 is 15.8 Å². The summed E-state index contributed by atoms with van der Waals surface area (Å²) in [6.45, 7) is 11.1. The zero-order valence-corrected chi connectivity index (χ0v) is 12.9. The highest BCUT2D eigenvalue weighted by atomic mass is 16.5. The van der Waals surface area contributed by atoms with Crippen molar-refractivity contribution in [3.63, 3.8) is 0 Å². The Morgan fingerprint density at radius 3 is 2.40 bits per heavy atom. The van der Waals surface area contributed by atoms with Crippen LogP contribution in [0.15, 0.2) is 18.2 Å². The SMILES string of the molecule is CCOC(=O)c1ccc(N)c(NC2C(C)(C)C2(C)C)c1. The second kappa shape index (κ2) is 4.69.